The average molecular weight is 408 g/mol. The molecule has 0 radical (unpaired) electrons. The topological polar surface area (TPSA) is 75.5 Å². The lowest BCUT2D eigenvalue weighted by Crippen LogP contribution is -2.50. The minimum atomic E-state index is -0.253. The third-order valence-electron chi connectivity index (χ3n) is 4.85. The number of piperazine rings is 1. The third-order valence-corrected chi connectivity index (χ3v) is 5.70. The van der Waals surface area contributed by atoms with Gasteiger partial charge in [-0.3, -0.25) is 14.4 Å². The number of nitrogens with zero attached hydrogens (tertiary/aromatic N) is 4. The lowest BCUT2D eigenvalue weighted by molar-refractivity contribution is 0.0533. The summed E-state index contributed by atoms with van der Waals surface area (Å²) in [4.78, 5) is 41.6. The monoisotopic (exact) mass is 408 g/mol. The van der Waals surface area contributed by atoms with Crippen LogP contribution in [0.25, 0.3) is 0 Å². The van der Waals surface area contributed by atoms with Crippen LogP contribution >= 0.6 is 11.3 Å². The van der Waals surface area contributed by atoms with Crippen molar-refractivity contribution in [2.24, 2.45) is 0 Å². The van der Waals surface area contributed by atoms with Crippen LogP contribution in [-0.2, 0) is 6.54 Å². The number of thiophene rings is 1. The van der Waals surface area contributed by atoms with E-state index < -0.39 is 0 Å². The number of amides is 2. The zero-order valence-corrected chi connectivity index (χ0v) is 16.5. The van der Waals surface area contributed by atoms with E-state index in [1.54, 1.807) is 9.80 Å². The molecule has 0 atom stereocenters. The van der Waals surface area contributed by atoms with Gasteiger partial charge in [0, 0.05) is 32.2 Å². The molecule has 3 heterocycles. The molecule has 2 aromatic heterocycles. The number of hydrogen-bond acceptors (Lipinski definition) is 5. The molecule has 1 aromatic carbocycles. The van der Waals surface area contributed by atoms with Crippen molar-refractivity contribution in [2.45, 2.75) is 6.54 Å². The van der Waals surface area contributed by atoms with Gasteiger partial charge in [0.1, 0.15) is 5.69 Å². The zero-order valence-electron chi connectivity index (χ0n) is 15.7. The predicted octanol–water partition coefficient (Wildman–Crippen LogP) is 1.95. The molecule has 1 fully saturated rings. The van der Waals surface area contributed by atoms with Gasteiger partial charge in [0.25, 0.3) is 17.4 Å². The summed E-state index contributed by atoms with van der Waals surface area (Å²) < 4.78 is 1.30. The normalized spacial score (nSPS) is 14.1. The second-order valence-corrected chi connectivity index (χ2v) is 7.71. The first kappa shape index (κ1) is 19.1. The van der Waals surface area contributed by atoms with Crippen molar-refractivity contribution in [1.29, 1.82) is 0 Å². The maximum Gasteiger partial charge on any atom is 0.274 e. The summed E-state index contributed by atoms with van der Waals surface area (Å²) in [5.41, 5.74) is 0.919. The Labute approximate surface area is 171 Å². The van der Waals surface area contributed by atoms with Crippen LogP contribution in [0.1, 0.15) is 25.7 Å². The van der Waals surface area contributed by atoms with Crippen LogP contribution in [0.2, 0.25) is 0 Å². The summed E-state index contributed by atoms with van der Waals surface area (Å²) in [5.74, 6) is -0.225. The van der Waals surface area contributed by atoms with Crippen LogP contribution in [0.5, 0.6) is 0 Å². The minimum absolute atomic E-state index is 0.00151. The molecule has 1 aliphatic rings. The van der Waals surface area contributed by atoms with Gasteiger partial charge in [0.15, 0.2) is 0 Å². The Balaban J connectivity index is 1.43. The first-order chi connectivity index (χ1) is 14.1. The SMILES string of the molecule is O=C(c1ccc(=O)n(Cc2ccccc2)n1)N1CCN(C(=O)c2cccs2)CC1. The standard InChI is InChI=1S/C21H20N4O3S/c26-19-9-8-17(22-25(19)15-16-5-2-1-3-6-16)20(27)23-10-12-24(13-11-23)21(28)18-7-4-14-29-18/h1-9,14H,10-13,15H2. The molecule has 8 heteroatoms. The first-order valence-electron chi connectivity index (χ1n) is 9.36. The molecule has 1 aliphatic heterocycles. The van der Waals surface area contributed by atoms with Crippen LogP contribution in [-0.4, -0.2) is 57.6 Å². The fraction of sp³-hybridized carbons (Fsp3) is 0.238. The molecule has 0 spiro atoms. The van der Waals surface area contributed by atoms with E-state index in [0.29, 0.717) is 37.6 Å². The molecule has 29 heavy (non-hydrogen) atoms. The van der Waals surface area contributed by atoms with Crippen LogP contribution in [0.4, 0.5) is 0 Å². The molecule has 2 amide bonds. The number of hydrogen-bond donors (Lipinski definition) is 0. The van der Waals surface area contributed by atoms with E-state index in [-0.39, 0.29) is 23.1 Å². The zero-order chi connectivity index (χ0) is 20.2. The molecule has 7 nitrogen and oxygen atoms in total. The summed E-state index contributed by atoms with van der Waals surface area (Å²) in [6.07, 6.45) is 0. The Hall–Kier alpha value is -3.26. The summed E-state index contributed by atoms with van der Waals surface area (Å²) in [7, 11) is 0. The van der Waals surface area contributed by atoms with Gasteiger partial charge in [0.2, 0.25) is 0 Å². The maximum atomic E-state index is 12.9. The number of carbonyl (C=O) groups excluding carboxylic acids is 2. The van der Waals surface area contributed by atoms with E-state index in [9.17, 15) is 14.4 Å². The highest BCUT2D eigenvalue weighted by Crippen LogP contribution is 2.14. The number of benzene rings is 1. The van der Waals surface area contributed by atoms with Crippen molar-refractivity contribution in [1.82, 2.24) is 19.6 Å². The van der Waals surface area contributed by atoms with Gasteiger partial charge in [-0.05, 0) is 23.1 Å². The van der Waals surface area contributed by atoms with Crippen LogP contribution in [0, 0.1) is 0 Å². The summed E-state index contributed by atoms with van der Waals surface area (Å²) >= 11 is 1.42. The van der Waals surface area contributed by atoms with Gasteiger partial charge in [-0.2, -0.15) is 5.10 Å². The molecule has 0 N–H and O–H groups in total. The third kappa shape index (κ3) is 4.27. The van der Waals surface area contributed by atoms with E-state index in [4.69, 9.17) is 0 Å². The van der Waals surface area contributed by atoms with Crippen molar-refractivity contribution in [3.8, 4) is 0 Å². The maximum absolute atomic E-state index is 12.9. The molecule has 4 rings (SSSR count). The Kier molecular flexibility index (Phi) is 5.53. The van der Waals surface area contributed by atoms with Crippen molar-refractivity contribution in [3.63, 3.8) is 0 Å². The van der Waals surface area contributed by atoms with Crippen molar-refractivity contribution >= 4 is 23.2 Å². The Bertz CT molecular complexity index is 1060. The first-order valence-corrected chi connectivity index (χ1v) is 10.2. The van der Waals surface area contributed by atoms with Crippen molar-refractivity contribution < 1.29 is 9.59 Å². The highest BCUT2D eigenvalue weighted by Gasteiger charge is 2.26. The lowest BCUT2D eigenvalue weighted by atomic mass is 10.2. The molecule has 1 saturated heterocycles. The van der Waals surface area contributed by atoms with E-state index in [0.717, 1.165) is 5.56 Å². The van der Waals surface area contributed by atoms with Gasteiger partial charge in [-0.25, -0.2) is 4.68 Å². The van der Waals surface area contributed by atoms with Crippen molar-refractivity contribution in [3.05, 3.63) is 86.5 Å². The number of rotatable bonds is 4. The summed E-state index contributed by atoms with van der Waals surface area (Å²) in [5, 5.41) is 6.15. The van der Waals surface area contributed by atoms with Gasteiger partial charge in [0.05, 0.1) is 11.4 Å². The Morgan fingerprint density at radius 2 is 1.55 bits per heavy atom. The van der Waals surface area contributed by atoms with Gasteiger partial charge >= 0.3 is 0 Å². The molecule has 0 aliphatic carbocycles. The van der Waals surface area contributed by atoms with E-state index in [2.05, 4.69) is 5.10 Å². The molecule has 0 bridgehead atoms. The molecular formula is C21H20N4O3S. The van der Waals surface area contributed by atoms with Crippen LogP contribution < -0.4 is 5.56 Å². The molecule has 0 saturated carbocycles. The quantitative estimate of drug-likeness (QED) is 0.661. The fourth-order valence-electron chi connectivity index (χ4n) is 3.26. The smallest absolute Gasteiger partial charge is 0.274 e. The highest BCUT2D eigenvalue weighted by molar-refractivity contribution is 7.12. The minimum Gasteiger partial charge on any atom is -0.334 e. The fourth-order valence-corrected chi connectivity index (χ4v) is 3.95. The second-order valence-electron chi connectivity index (χ2n) is 6.76. The highest BCUT2D eigenvalue weighted by atomic mass is 32.1. The van der Waals surface area contributed by atoms with Crippen molar-refractivity contribution in [2.75, 3.05) is 26.2 Å². The molecule has 0 unspecified atom stereocenters. The number of carbonyl (C=O) groups is 2. The van der Waals surface area contributed by atoms with E-state index in [1.165, 1.54) is 28.2 Å². The van der Waals surface area contributed by atoms with Gasteiger partial charge in [-0.15, -0.1) is 11.3 Å². The Morgan fingerprint density at radius 1 is 0.862 bits per heavy atom. The lowest BCUT2D eigenvalue weighted by Gasteiger charge is -2.34. The number of aromatic nitrogens is 2. The van der Waals surface area contributed by atoms with Crippen LogP contribution in [0.3, 0.4) is 0 Å². The predicted molar refractivity (Wildman–Crippen MR) is 110 cm³/mol. The van der Waals surface area contributed by atoms with E-state index >= 15 is 0 Å². The molecule has 148 valence electrons. The Morgan fingerprint density at radius 3 is 2.21 bits per heavy atom. The second kappa shape index (κ2) is 8.40. The van der Waals surface area contributed by atoms with E-state index in [1.807, 2.05) is 47.8 Å². The summed E-state index contributed by atoms with van der Waals surface area (Å²) in [6.45, 7) is 2.15. The largest absolute Gasteiger partial charge is 0.334 e. The molecule has 3 aromatic rings. The van der Waals surface area contributed by atoms with Gasteiger partial charge in [-0.1, -0.05) is 36.4 Å². The average Bonchev–Trinajstić information content (AvgIpc) is 3.30. The van der Waals surface area contributed by atoms with Crippen LogP contribution in [0.15, 0.2) is 64.8 Å². The summed E-state index contributed by atoms with van der Waals surface area (Å²) in [6, 6.07) is 16.0. The van der Waals surface area contributed by atoms with Gasteiger partial charge < -0.3 is 9.80 Å². The molecular weight excluding hydrogens is 388 g/mol.